The second-order valence-corrected chi connectivity index (χ2v) is 4.74. The Balaban J connectivity index is 1.87. The highest BCUT2D eigenvalue weighted by Crippen LogP contribution is 2.26. The van der Waals surface area contributed by atoms with Gasteiger partial charge in [0.15, 0.2) is 0 Å². The molecule has 2 heterocycles. The SMILES string of the molecule is Cn1ccc(NC2CCNCc3ccccc32)n1. The average molecular weight is 242 g/mol. The minimum atomic E-state index is 0.339. The smallest absolute Gasteiger partial charge is 0.148 e. The van der Waals surface area contributed by atoms with Gasteiger partial charge in [-0.25, -0.2) is 0 Å². The average Bonchev–Trinajstić information content (AvgIpc) is 2.68. The second kappa shape index (κ2) is 4.82. The van der Waals surface area contributed by atoms with Crippen molar-refractivity contribution < 1.29 is 0 Å². The topological polar surface area (TPSA) is 41.9 Å². The zero-order valence-electron chi connectivity index (χ0n) is 10.6. The number of fused-ring (bicyclic) bond motifs is 1. The fourth-order valence-corrected chi connectivity index (χ4v) is 2.48. The van der Waals surface area contributed by atoms with E-state index in [0.717, 1.165) is 25.3 Å². The van der Waals surface area contributed by atoms with E-state index in [1.807, 2.05) is 24.0 Å². The highest BCUT2D eigenvalue weighted by Gasteiger charge is 2.18. The van der Waals surface area contributed by atoms with E-state index in [-0.39, 0.29) is 0 Å². The highest BCUT2D eigenvalue weighted by molar-refractivity contribution is 5.40. The van der Waals surface area contributed by atoms with Gasteiger partial charge >= 0.3 is 0 Å². The maximum absolute atomic E-state index is 4.39. The standard InChI is InChI=1S/C14H18N4/c1-18-9-7-14(17-18)16-13-6-8-15-10-11-4-2-3-5-12(11)13/h2-5,7,9,13,15H,6,8,10H2,1H3,(H,16,17). The van der Waals surface area contributed by atoms with Crippen molar-refractivity contribution in [3.05, 3.63) is 47.7 Å². The van der Waals surface area contributed by atoms with Crippen molar-refractivity contribution in [3.63, 3.8) is 0 Å². The number of hydrogen-bond acceptors (Lipinski definition) is 3. The predicted octanol–water partition coefficient (Wildman–Crippen LogP) is 2.07. The number of nitrogens with one attached hydrogen (secondary N) is 2. The molecule has 0 bridgehead atoms. The molecule has 94 valence electrons. The van der Waals surface area contributed by atoms with Crippen molar-refractivity contribution >= 4 is 5.82 Å². The maximum Gasteiger partial charge on any atom is 0.148 e. The largest absolute Gasteiger partial charge is 0.362 e. The number of aryl methyl sites for hydroxylation is 1. The molecule has 0 fully saturated rings. The third-order valence-electron chi connectivity index (χ3n) is 3.39. The van der Waals surface area contributed by atoms with Crippen molar-refractivity contribution in [1.82, 2.24) is 15.1 Å². The van der Waals surface area contributed by atoms with Crippen LogP contribution in [-0.4, -0.2) is 16.3 Å². The summed E-state index contributed by atoms with van der Waals surface area (Å²) in [6, 6.07) is 11.0. The van der Waals surface area contributed by atoms with Crippen molar-refractivity contribution in [1.29, 1.82) is 0 Å². The summed E-state index contributed by atoms with van der Waals surface area (Å²) in [6.45, 7) is 1.98. The number of aromatic nitrogens is 2. The summed E-state index contributed by atoms with van der Waals surface area (Å²) >= 11 is 0. The predicted molar refractivity (Wildman–Crippen MR) is 72.3 cm³/mol. The molecule has 1 atom stereocenters. The van der Waals surface area contributed by atoms with Crippen LogP contribution in [0.15, 0.2) is 36.5 Å². The summed E-state index contributed by atoms with van der Waals surface area (Å²) in [4.78, 5) is 0. The van der Waals surface area contributed by atoms with E-state index in [4.69, 9.17) is 0 Å². The normalized spacial score (nSPS) is 19.1. The number of nitrogens with zero attached hydrogens (tertiary/aromatic N) is 2. The van der Waals surface area contributed by atoms with Crippen molar-refractivity contribution in [3.8, 4) is 0 Å². The summed E-state index contributed by atoms with van der Waals surface area (Å²) in [7, 11) is 1.94. The van der Waals surface area contributed by atoms with Crippen LogP contribution in [-0.2, 0) is 13.6 Å². The third-order valence-corrected chi connectivity index (χ3v) is 3.39. The molecule has 1 unspecified atom stereocenters. The summed E-state index contributed by atoms with van der Waals surface area (Å²) in [5, 5.41) is 11.4. The van der Waals surface area contributed by atoms with Crippen LogP contribution < -0.4 is 10.6 Å². The van der Waals surface area contributed by atoms with E-state index in [1.54, 1.807) is 0 Å². The fraction of sp³-hybridized carbons (Fsp3) is 0.357. The number of benzene rings is 1. The lowest BCUT2D eigenvalue weighted by Gasteiger charge is -2.18. The Morgan fingerprint density at radius 1 is 1.33 bits per heavy atom. The lowest BCUT2D eigenvalue weighted by molar-refractivity contribution is 0.634. The van der Waals surface area contributed by atoms with Gasteiger partial charge in [0.1, 0.15) is 5.82 Å². The fourth-order valence-electron chi connectivity index (χ4n) is 2.48. The Labute approximate surface area is 107 Å². The summed E-state index contributed by atoms with van der Waals surface area (Å²) in [5.74, 6) is 0.944. The van der Waals surface area contributed by atoms with Gasteiger partial charge in [0, 0.05) is 25.9 Å². The van der Waals surface area contributed by atoms with Crippen LogP contribution in [0, 0.1) is 0 Å². The summed E-state index contributed by atoms with van der Waals surface area (Å²) in [5.41, 5.74) is 2.76. The van der Waals surface area contributed by atoms with Gasteiger partial charge in [-0.2, -0.15) is 5.10 Å². The molecule has 0 saturated heterocycles. The van der Waals surface area contributed by atoms with Gasteiger partial charge in [0.25, 0.3) is 0 Å². The molecular weight excluding hydrogens is 224 g/mol. The zero-order chi connectivity index (χ0) is 12.4. The monoisotopic (exact) mass is 242 g/mol. The van der Waals surface area contributed by atoms with Gasteiger partial charge < -0.3 is 10.6 Å². The lowest BCUT2D eigenvalue weighted by Crippen LogP contribution is -2.15. The number of anilines is 1. The third kappa shape index (κ3) is 2.24. The van der Waals surface area contributed by atoms with Gasteiger partial charge in [0.2, 0.25) is 0 Å². The highest BCUT2D eigenvalue weighted by atomic mass is 15.3. The molecule has 4 heteroatoms. The first kappa shape index (κ1) is 11.3. The van der Waals surface area contributed by atoms with Gasteiger partial charge in [-0.3, -0.25) is 4.68 Å². The molecule has 0 amide bonds. The quantitative estimate of drug-likeness (QED) is 0.847. The molecule has 0 radical (unpaired) electrons. The van der Waals surface area contributed by atoms with Crippen LogP contribution in [0.1, 0.15) is 23.6 Å². The number of rotatable bonds is 2. The molecule has 1 aromatic carbocycles. The molecule has 2 N–H and O–H groups in total. The molecular formula is C14H18N4. The van der Waals surface area contributed by atoms with E-state index in [2.05, 4.69) is 40.0 Å². The molecule has 2 aromatic rings. The van der Waals surface area contributed by atoms with Gasteiger partial charge in [-0.1, -0.05) is 24.3 Å². The molecule has 0 aliphatic carbocycles. The molecule has 3 rings (SSSR count). The summed E-state index contributed by atoms with van der Waals surface area (Å²) in [6.07, 6.45) is 3.04. The van der Waals surface area contributed by atoms with Crippen LogP contribution in [0.2, 0.25) is 0 Å². The first-order valence-corrected chi connectivity index (χ1v) is 6.37. The Morgan fingerprint density at radius 2 is 2.22 bits per heavy atom. The molecule has 0 saturated carbocycles. The second-order valence-electron chi connectivity index (χ2n) is 4.74. The van der Waals surface area contributed by atoms with Crippen LogP contribution in [0.5, 0.6) is 0 Å². The molecule has 1 aliphatic rings. The Morgan fingerprint density at radius 3 is 3.06 bits per heavy atom. The minimum absolute atomic E-state index is 0.339. The molecule has 1 aromatic heterocycles. The Bertz CT molecular complexity index is 532. The van der Waals surface area contributed by atoms with E-state index in [0.29, 0.717) is 6.04 Å². The van der Waals surface area contributed by atoms with Crippen molar-refractivity contribution in [2.75, 3.05) is 11.9 Å². The van der Waals surface area contributed by atoms with E-state index in [9.17, 15) is 0 Å². The first-order valence-electron chi connectivity index (χ1n) is 6.37. The minimum Gasteiger partial charge on any atom is -0.362 e. The number of hydrogen-bond donors (Lipinski definition) is 2. The zero-order valence-corrected chi connectivity index (χ0v) is 10.6. The molecule has 18 heavy (non-hydrogen) atoms. The van der Waals surface area contributed by atoms with E-state index in [1.165, 1.54) is 11.1 Å². The molecule has 0 spiro atoms. The maximum atomic E-state index is 4.39. The van der Waals surface area contributed by atoms with Gasteiger partial charge in [0.05, 0.1) is 6.04 Å². The van der Waals surface area contributed by atoms with Crippen molar-refractivity contribution in [2.24, 2.45) is 7.05 Å². The van der Waals surface area contributed by atoms with Crippen LogP contribution in [0.3, 0.4) is 0 Å². The Hall–Kier alpha value is -1.81. The molecule has 4 nitrogen and oxygen atoms in total. The lowest BCUT2D eigenvalue weighted by atomic mass is 9.99. The Kier molecular flexibility index (Phi) is 3.02. The van der Waals surface area contributed by atoms with E-state index >= 15 is 0 Å². The van der Waals surface area contributed by atoms with Crippen LogP contribution in [0.4, 0.5) is 5.82 Å². The van der Waals surface area contributed by atoms with E-state index < -0.39 is 0 Å². The first-order chi connectivity index (χ1) is 8.83. The van der Waals surface area contributed by atoms with Crippen molar-refractivity contribution in [2.45, 2.75) is 19.0 Å². The van der Waals surface area contributed by atoms with Gasteiger partial charge in [-0.15, -0.1) is 0 Å². The summed E-state index contributed by atoms with van der Waals surface area (Å²) < 4.78 is 1.82. The van der Waals surface area contributed by atoms with Crippen LogP contribution >= 0.6 is 0 Å². The molecule has 1 aliphatic heterocycles. The van der Waals surface area contributed by atoms with Crippen LogP contribution in [0.25, 0.3) is 0 Å². The van der Waals surface area contributed by atoms with Gasteiger partial charge in [-0.05, 0) is 24.1 Å².